The van der Waals surface area contributed by atoms with Gasteiger partial charge in [0.1, 0.15) is 5.75 Å². The number of sulfonamides is 1. The van der Waals surface area contributed by atoms with Crippen LogP contribution in [0.5, 0.6) is 5.75 Å². The topological polar surface area (TPSA) is 99.2 Å². The lowest BCUT2D eigenvalue weighted by atomic mass is 10.3. The summed E-state index contributed by atoms with van der Waals surface area (Å²) in [5, 5.41) is 4.17. The fourth-order valence-electron chi connectivity index (χ4n) is 1.96. The Kier molecular flexibility index (Phi) is 4.19. The number of benzene rings is 1. The molecule has 0 amide bonds. The second-order valence-corrected chi connectivity index (χ2v) is 6.41. The summed E-state index contributed by atoms with van der Waals surface area (Å²) in [4.78, 5) is 0.0994. The SMILES string of the molecule is COc1ccc(S(=O)(=O)NCc2cn(C)nc2C)cc1N. The molecule has 0 radical (unpaired) electrons. The van der Waals surface area contributed by atoms with Gasteiger partial charge in [0.05, 0.1) is 23.4 Å². The van der Waals surface area contributed by atoms with Crippen LogP contribution < -0.4 is 15.2 Å². The van der Waals surface area contributed by atoms with Crippen molar-refractivity contribution in [3.05, 3.63) is 35.7 Å². The van der Waals surface area contributed by atoms with Gasteiger partial charge in [-0.25, -0.2) is 13.1 Å². The number of nitrogens with zero attached hydrogens (tertiary/aromatic N) is 2. The van der Waals surface area contributed by atoms with Gasteiger partial charge in [0, 0.05) is 25.4 Å². The summed E-state index contributed by atoms with van der Waals surface area (Å²) in [6.45, 7) is 2.00. The van der Waals surface area contributed by atoms with Gasteiger partial charge in [0.25, 0.3) is 0 Å². The number of nitrogen functional groups attached to an aromatic ring is 1. The Morgan fingerprint density at radius 2 is 2.14 bits per heavy atom. The first kappa shape index (κ1) is 15.3. The lowest BCUT2D eigenvalue weighted by Crippen LogP contribution is -2.23. The lowest BCUT2D eigenvalue weighted by Gasteiger charge is -2.09. The van der Waals surface area contributed by atoms with Crippen LogP contribution in [0.25, 0.3) is 0 Å². The fourth-order valence-corrected chi connectivity index (χ4v) is 3.00. The van der Waals surface area contributed by atoms with E-state index in [0.717, 1.165) is 11.3 Å². The van der Waals surface area contributed by atoms with Crippen LogP contribution in [0.3, 0.4) is 0 Å². The monoisotopic (exact) mass is 310 g/mol. The van der Waals surface area contributed by atoms with Crippen LogP contribution >= 0.6 is 0 Å². The number of rotatable bonds is 5. The molecule has 2 aromatic rings. The van der Waals surface area contributed by atoms with Gasteiger partial charge < -0.3 is 10.5 Å². The average molecular weight is 310 g/mol. The van der Waals surface area contributed by atoms with E-state index in [1.54, 1.807) is 17.9 Å². The summed E-state index contributed by atoms with van der Waals surface area (Å²) in [5.74, 6) is 0.442. The van der Waals surface area contributed by atoms with Crippen molar-refractivity contribution in [2.75, 3.05) is 12.8 Å². The van der Waals surface area contributed by atoms with E-state index in [9.17, 15) is 8.42 Å². The maximum Gasteiger partial charge on any atom is 0.240 e. The standard InChI is InChI=1S/C13H18N4O3S/c1-9-10(8-17(2)16-9)7-15-21(18,19)11-4-5-13(20-3)12(14)6-11/h4-6,8,15H,7,14H2,1-3H3. The number of aromatic nitrogens is 2. The molecule has 0 saturated carbocycles. The van der Waals surface area contributed by atoms with Crippen molar-refractivity contribution in [2.45, 2.75) is 18.4 Å². The molecular weight excluding hydrogens is 292 g/mol. The summed E-state index contributed by atoms with van der Waals surface area (Å²) in [6, 6.07) is 4.35. The number of aryl methyl sites for hydroxylation is 2. The van der Waals surface area contributed by atoms with Crippen LogP contribution in [0.1, 0.15) is 11.3 Å². The molecule has 1 aromatic carbocycles. The molecule has 8 heteroatoms. The zero-order chi connectivity index (χ0) is 15.6. The third kappa shape index (κ3) is 3.34. The molecule has 0 bridgehead atoms. The quantitative estimate of drug-likeness (QED) is 0.796. The highest BCUT2D eigenvalue weighted by Crippen LogP contribution is 2.24. The molecule has 0 aliphatic heterocycles. The van der Waals surface area contributed by atoms with Gasteiger partial charge in [-0.15, -0.1) is 0 Å². The van der Waals surface area contributed by atoms with Gasteiger partial charge in [0.2, 0.25) is 10.0 Å². The van der Waals surface area contributed by atoms with E-state index in [0.29, 0.717) is 5.75 Å². The highest BCUT2D eigenvalue weighted by Gasteiger charge is 2.16. The van der Waals surface area contributed by atoms with E-state index in [4.69, 9.17) is 10.5 Å². The molecule has 21 heavy (non-hydrogen) atoms. The maximum atomic E-state index is 12.2. The molecule has 0 spiro atoms. The number of hydrogen-bond acceptors (Lipinski definition) is 5. The first-order valence-electron chi connectivity index (χ1n) is 6.26. The van der Waals surface area contributed by atoms with Crippen molar-refractivity contribution in [3.63, 3.8) is 0 Å². The molecule has 3 N–H and O–H groups in total. The number of methoxy groups -OCH3 is 1. The number of nitrogens with two attached hydrogens (primary N) is 1. The molecule has 7 nitrogen and oxygen atoms in total. The highest BCUT2D eigenvalue weighted by atomic mass is 32.2. The zero-order valence-electron chi connectivity index (χ0n) is 12.1. The highest BCUT2D eigenvalue weighted by molar-refractivity contribution is 7.89. The lowest BCUT2D eigenvalue weighted by molar-refractivity contribution is 0.416. The largest absolute Gasteiger partial charge is 0.495 e. The Bertz CT molecular complexity index is 753. The summed E-state index contributed by atoms with van der Waals surface area (Å²) in [5.41, 5.74) is 7.62. The number of ether oxygens (including phenoxy) is 1. The second kappa shape index (κ2) is 5.74. The Balaban J connectivity index is 2.18. The van der Waals surface area contributed by atoms with E-state index in [1.807, 2.05) is 6.92 Å². The van der Waals surface area contributed by atoms with Crippen LogP contribution in [0, 0.1) is 6.92 Å². The second-order valence-electron chi connectivity index (χ2n) is 4.64. The van der Waals surface area contributed by atoms with Gasteiger partial charge >= 0.3 is 0 Å². The van der Waals surface area contributed by atoms with E-state index in [-0.39, 0.29) is 17.1 Å². The molecule has 0 aliphatic rings. The maximum absolute atomic E-state index is 12.2. The van der Waals surface area contributed by atoms with Gasteiger partial charge in [-0.3, -0.25) is 4.68 Å². The molecule has 0 fully saturated rings. The summed E-state index contributed by atoms with van der Waals surface area (Å²) in [6.07, 6.45) is 1.78. The summed E-state index contributed by atoms with van der Waals surface area (Å²) >= 11 is 0. The van der Waals surface area contributed by atoms with Gasteiger partial charge in [-0.1, -0.05) is 0 Å². The predicted octanol–water partition coefficient (Wildman–Crippen LogP) is 0.798. The first-order chi connectivity index (χ1) is 9.83. The van der Waals surface area contributed by atoms with Crippen molar-refractivity contribution in [1.29, 1.82) is 0 Å². The Labute approximate surface area is 123 Å². The van der Waals surface area contributed by atoms with E-state index >= 15 is 0 Å². The molecule has 114 valence electrons. The Morgan fingerprint density at radius 3 is 2.67 bits per heavy atom. The van der Waals surface area contributed by atoms with E-state index < -0.39 is 10.0 Å². The van der Waals surface area contributed by atoms with Crippen molar-refractivity contribution in [3.8, 4) is 5.75 Å². The number of anilines is 1. The number of nitrogens with one attached hydrogen (secondary N) is 1. The number of hydrogen-bond donors (Lipinski definition) is 2. The minimum absolute atomic E-state index is 0.0994. The average Bonchev–Trinajstić information content (AvgIpc) is 2.74. The van der Waals surface area contributed by atoms with E-state index in [2.05, 4.69) is 9.82 Å². The van der Waals surface area contributed by atoms with Crippen LogP contribution in [0.15, 0.2) is 29.3 Å². The van der Waals surface area contributed by atoms with Crippen molar-refractivity contribution >= 4 is 15.7 Å². The van der Waals surface area contributed by atoms with Crippen LogP contribution in [-0.4, -0.2) is 25.3 Å². The van der Waals surface area contributed by atoms with Crippen molar-refractivity contribution in [1.82, 2.24) is 14.5 Å². The molecule has 1 heterocycles. The zero-order valence-corrected chi connectivity index (χ0v) is 12.9. The Morgan fingerprint density at radius 1 is 1.43 bits per heavy atom. The Hall–Kier alpha value is -2.06. The van der Waals surface area contributed by atoms with Crippen LogP contribution in [-0.2, 0) is 23.6 Å². The molecule has 0 aliphatic carbocycles. The van der Waals surface area contributed by atoms with Gasteiger partial charge in [-0.2, -0.15) is 5.10 Å². The molecule has 1 aromatic heterocycles. The predicted molar refractivity (Wildman–Crippen MR) is 79.4 cm³/mol. The minimum Gasteiger partial charge on any atom is -0.495 e. The third-order valence-corrected chi connectivity index (χ3v) is 4.48. The molecular formula is C13H18N4O3S. The molecule has 2 rings (SSSR count). The smallest absolute Gasteiger partial charge is 0.240 e. The molecule has 0 unspecified atom stereocenters. The van der Waals surface area contributed by atoms with Crippen molar-refractivity contribution < 1.29 is 13.2 Å². The van der Waals surface area contributed by atoms with E-state index in [1.165, 1.54) is 25.3 Å². The van der Waals surface area contributed by atoms with Crippen LogP contribution in [0.4, 0.5) is 5.69 Å². The summed E-state index contributed by atoms with van der Waals surface area (Å²) in [7, 11) is -0.374. The fraction of sp³-hybridized carbons (Fsp3) is 0.308. The normalized spacial score (nSPS) is 11.6. The van der Waals surface area contributed by atoms with Gasteiger partial charge in [-0.05, 0) is 25.1 Å². The molecule has 0 saturated heterocycles. The summed E-state index contributed by atoms with van der Waals surface area (Å²) < 4.78 is 33.7. The minimum atomic E-state index is -3.64. The van der Waals surface area contributed by atoms with Crippen LogP contribution in [0.2, 0.25) is 0 Å². The third-order valence-electron chi connectivity index (χ3n) is 3.08. The van der Waals surface area contributed by atoms with Crippen molar-refractivity contribution in [2.24, 2.45) is 7.05 Å². The first-order valence-corrected chi connectivity index (χ1v) is 7.74. The van der Waals surface area contributed by atoms with Gasteiger partial charge in [0.15, 0.2) is 0 Å². The molecule has 0 atom stereocenters.